The van der Waals surface area contributed by atoms with Crippen LogP contribution in [-0.2, 0) is 4.74 Å². The summed E-state index contributed by atoms with van der Waals surface area (Å²) in [6, 6.07) is 9.44. The van der Waals surface area contributed by atoms with E-state index in [1.165, 1.54) is 7.11 Å². The third kappa shape index (κ3) is 4.09. The Morgan fingerprint density at radius 2 is 1.80 bits per heavy atom. The average Bonchev–Trinajstić information content (AvgIpc) is 2.68. The van der Waals surface area contributed by atoms with E-state index in [0.29, 0.717) is 37.9 Å². The maximum absolute atomic E-state index is 11.5. The minimum atomic E-state index is -0.296. The Morgan fingerprint density at radius 3 is 2.44 bits per heavy atom. The molecule has 2 aromatic rings. The van der Waals surface area contributed by atoms with E-state index in [1.807, 2.05) is 30.3 Å². The molecule has 8 nitrogen and oxygen atoms in total. The zero-order valence-corrected chi connectivity index (χ0v) is 14.3. The molecule has 0 atom stereocenters. The van der Waals surface area contributed by atoms with Gasteiger partial charge in [-0.05, 0) is 30.3 Å². The number of ether oxygens (including phenoxy) is 2. The molecule has 0 unspecified atom stereocenters. The molecule has 25 heavy (non-hydrogen) atoms. The van der Waals surface area contributed by atoms with Gasteiger partial charge in [-0.1, -0.05) is 0 Å². The van der Waals surface area contributed by atoms with Crippen LogP contribution in [0.5, 0.6) is 5.75 Å². The molecule has 1 N–H and O–H groups in total. The van der Waals surface area contributed by atoms with E-state index in [1.54, 1.807) is 18.2 Å². The molecule has 0 aliphatic carbocycles. The monoisotopic (exact) mass is 343 g/mol. The van der Waals surface area contributed by atoms with Gasteiger partial charge in [0.05, 0.1) is 14.2 Å². The molecule has 1 aliphatic rings. The molecular formula is C17H21N5O3. The number of hydrogen-bond acceptors (Lipinski definition) is 7. The van der Waals surface area contributed by atoms with Gasteiger partial charge in [0.2, 0.25) is 5.95 Å². The number of carbonyl (C=O) groups excluding carboxylic acids is 1. The maximum Gasteiger partial charge on any atom is 0.409 e. The number of anilines is 3. The standard InChI is InChI=1S/C17H21N5O3/c1-24-14-5-3-13(4-6-14)19-15-7-8-18-16(20-15)21-9-11-22(12-10-21)17(23)25-2/h3-8H,9-12H2,1-2H3,(H,18,19,20). The van der Waals surface area contributed by atoms with Gasteiger partial charge in [-0.3, -0.25) is 0 Å². The lowest BCUT2D eigenvalue weighted by Gasteiger charge is -2.33. The van der Waals surface area contributed by atoms with Gasteiger partial charge in [-0.25, -0.2) is 9.78 Å². The van der Waals surface area contributed by atoms with Crippen LogP contribution in [0, 0.1) is 0 Å². The van der Waals surface area contributed by atoms with Crippen LogP contribution in [0.3, 0.4) is 0 Å². The third-order valence-corrected chi connectivity index (χ3v) is 4.00. The highest BCUT2D eigenvalue weighted by Crippen LogP contribution is 2.20. The zero-order chi connectivity index (χ0) is 17.6. The first-order chi connectivity index (χ1) is 12.2. The Bertz CT molecular complexity index is 714. The highest BCUT2D eigenvalue weighted by atomic mass is 16.5. The second-order valence-electron chi connectivity index (χ2n) is 5.54. The molecule has 0 radical (unpaired) electrons. The Morgan fingerprint density at radius 1 is 1.08 bits per heavy atom. The summed E-state index contributed by atoms with van der Waals surface area (Å²) in [5.41, 5.74) is 0.918. The van der Waals surface area contributed by atoms with Gasteiger partial charge in [0, 0.05) is 38.1 Å². The van der Waals surface area contributed by atoms with Crippen molar-refractivity contribution in [2.75, 3.05) is 50.6 Å². The van der Waals surface area contributed by atoms with Gasteiger partial charge in [0.25, 0.3) is 0 Å². The highest BCUT2D eigenvalue weighted by molar-refractivity contribution is 5.67. The summed E-state index contributed by atoms with van der Waals surface area (Å²) in [6.45, 7) is 2.51. The van der Waals surface area contributed by atoms with E-state index in [-0.39, 0.29) is 6.09 Å². The Balaban J connectivity index is 1.64. The van der Waals surface area contributed by atoms with Gasteiger partial charge >= 0.3 is 6.09 Å². The van der Waals surface area contributed by atoms with Crippen molar-refractivity contribution in [3.63, 3.8) is 0 Å². The lowest BCUT2D eigenvalue weighted by atomic mass is 10.3. The summed E-state index contributed by atoms with van der Waals surface area (Å²) in [5.74, 6) is 2.16. The van der Waals surface area contributed by atoms with Crippen LogP contribution in [0.1, 0.15) is 0 Å². The van der Waals surface area contributed by atoms with Crippen molar-refractivity contribution in [2.45, 2.75) is 0 Å². The zero-order valence-electron chi connectivity index (χ0n) is 14.3. The van der Waals surface area contributed by atoms with E-state index in [9.17, 15) is 4.79 Å². The van der Waals surface area contributed by atoms with Gasteiger partial charge in [0.1, 0.15) is 11.6 Å². The van der Waals surface area contributed by atoms with E-state index in [4.69, 9.17) is 9.47 Å². The molecule has 8 heteroatoms. The van der Waals surface area contributed by atoms with Crippen molar-refractivity contribution < 1.29 is 14.3 Å². The van der Waals surface area contributed by atoms with Crippen LogP contribution in [0.4, 0.5) is 22.2 Å². The molecule has 1 aromatic carbocycles. The molecule has 2 heterocycles. The van der Waals surface area contributed by atoms with E-state index in [2.05, 4.69) is 20.2 Å². The fraction of sp³-hybridized carbons (Fsp3) is 0.353. The van der Waals surface area contributed by atoms with Crippen molar-refractivity contribution in [1.82, 2.24) is 14.9 Å². The average molecular weight is 343 g/mol. The topological polar surface area (TPSA) is 79.8 Å². The predicted molar refractivity (Wildman–Crippen MR) is 94.5 cm³/mol. The van der Waals surface area contributed by atoms with Crippen LogP contribution in [0.15, 0.2) is 36.5 Å². The van der Waals surface area contributed by atoms with E-state index >= 15 is 0 Å². The summed E-state index contributed by atoms with van der Waals surface area (Å²) >= 11 is 0. The molecular weight excluding hydrogens is 322 g/mol. The molecule has 1 amide bonds. The van der Waals surface area contributed by atoms with E-state index < -0.39 is 0 Å². The van der Waals surface area contributed by atoms with Crippen molar-refractivity contribution in [1.29, 1.82) is 0 Å². The molecule has 1 fully saturated rings. The second-order valence-corrected chi connectivity index (χ2v) is 5.54. The number of aromatic nitrogens is 2. The second kappa shape index (κ2) is 7.69. The lowest BCUT2D eigenvalue weighted by Crippen LogP contribution is -2.49. The lowest BCUT2D eigenvalue weighted by molar-refractivity contribution is 0.121. The van der Waals surface area contributed by atoms with Crippen LogP contribution in [0.2, 0.25) is 0 Å². The van der Waals surface area contributed by atoms with Crippen LogP contribution in [-0.4, -0.2) is 61.4 Å². The highest BCUT2D eigenvalue weighted by Gasteiger charge is 2.23. The Kier molecular flexibility index (Phi) is 5.17. The minimum absolute atomic E-state index is 0.296. The maximum atomic E-state index is 11.5. The number of amides is 1. The SMILES string of the molecule is COC(=O)N1CCN(c2nccc(Nc3ccc(OC)cc3)n2)CC1. The molecule has 0 bridgehead atoms. The van der Waals surface area contributed by atoms with Gasteiger partial charge in [-0.2, -0.15) is 4.98 Å². The van der Waals surface area contributed by atoms with Crippen molar-refractivity contribution >= 4 is 23.5 Å². The van der Waals surface area contributed by atoms with Crippen molar-refractivity contribution in [2.24, 2.45) is 0 Å². The number of methoxy groups -OCH3 is 2. The molecule has 0 saturated carbocycles. The van der Waals surface area contributed by atoms with Crippen LogP contribution in [0.25, 0.3) is 0 Å². The van der Waals surface area contributed by atoms with Crippen LogP contribution >= 0.6 is 0 Å². The summed E-state index contributed by atoms with van der Waals surface area (Å²) in [7, 11) is 3.03. The molecule has 1 aliphatic heterocycles. The van der Waals surface area contributed by atoms with E-state index in [0.717, 1.165) is 11.4 Å². The largest absolute Gasteiger partial charge is 0.497 e. The van der Waals surface area contributed by atoms with Gasteiger partial charge < -0.3 is 24.6 Å². The summed E-state index contributed by atoms with van der Waals surface area (Å²) in [6.07, 6.45) is 1.43. The molecule has 0 spiro atoms. The third-order valence-electron chi connectivity index (χ3n) is 4.00. The van der Waals surface area contributed by atoms with Gasteiger partial charge in [0.15, 0.2) is 0 Å². The normalized spacial score (nSPS) is 14.2. The predicted octanol–water partition coefficient (Wildman–Crippen LogP) is 2.12. The fourth-order valence-electron chi connectivity index (χ4n) is 2.61. The summed E-state index contributed by atoms with van der Waals surface area (Å²) in [4.78, 5) is 24.2. The number of rotatable bonds is 4. The molecule has 1 saturated heterocycles. The molecule has 132 valence electrons. The number of piperazine rings is 1. The van der Waals surface area contributed by atoms with Gasteiger partial charge in [-0.15, -0.1) is 0 Å². The quantitative estimate of drug-likeness (QED) is 0.911. The summed E-state index contributed by atoms with van der Waals surface area (Å²) < 4.78 is 9.91. The number of benzene rings is 1. The minimum Gasteiger partial charge on any atom is -0.497 e. The molecule has 3 rings (SSSR count). The molecule has 1 aromatic heterocycles. The van der Waals surface area contributed by atoms with Crippen LogP contribution < -0.4 is 15.0 Å². The fourth-order valence-corrected chi connectivity index (χ4v) is 2.61. The Hall–Kier alpha value is -3.03. The first-order valence-corrected chi connectivity index (χ1v) is 8.01. The first kappa shape index (κ1) is 16.8. The number of hydrogen-bond donors (Lipinski definition) is 1. The first-order valence-electron chi connectivity index (χ1n) is 8.01. The van der Waals surface area contributed by atoms with Crippen molar-refractivity contribution in [3.8, 4) is 5.75 Å². The number of nitrogens with one attached hydrogen (secondary N) is 1. The smallest absolute Gasteiger partial charge is 0.409 e. The van der Waals surface area contributed by atoms with Crippen molar-refractivity contribution in [3.05, 3.63) is 36.5 Å². The number of nitrogens with zero attached hydrogens (tertiary/aromatic N) is 4. The number of carbonyl (C=O) groups is 1. The summed E-state index contributed by atoms with van der Waals surface area (Å²) in [5, 5.41) is 3.25. The Labute approximate surface area is 146 Å².